The van der Waals surface area contributed by atoms with Crippen molar-refractivity contribution in [1.82, 2.24) is 0 Å². The first-order valence-electron chi connectivity index (χ1n) is 4.38. The largest absolute Gasteiger partial charge is 0.300 e. The zero-order valence-corrected chi connectivity index (χ0v) is 9.38. The van der Waals surface area contributed by atoms with Crippen molar-refractivity contribution in [2.45, 2.75) is 6.92 Å². The minimum atomic E-state index is 0. The first-order chi connectivity index (χ1) is 6.83. The maximum Gasteiger partial charge on any atom is 0.0872 e. The number of allylic oxidation sites excluding steroid dienone is 1. The molecule has 0 aliphatic heterocycles. The molecule has 0 heterocycles. The maximum absolute atomic E-state index is 4.89. The smallest absolute Gasteiger partial charge is 0.0872 e. The number of hydrogen-bond donors (Lipinski definition) is 1. The monoisotopic (exact) mass is 223 g/mol. The van der Waals surface area contributed by atoms with E-state index in [9.17, 15) is 0 Å². The number of halogens is 1. The van der Waals surface area contributed by atoms with Crippen LogP contribution in [0.5, 0.6) is 0 Å². The predicted molar refractivity (Wildman–Crippen MR) is 64.5 cm³/mol. The molecule has 2 N–H and O–H groups in total. The zero-order valence-electron chi connectivity index (χ0n) is 8.57. The van der Waals surface area contributed by atoms with E-state index >= 15 is 0 Å². The second-order valence-electron chi connectivity index (χ2n) is 2.84. The third-order valence-corrected chi connectivity index (χ3v) is 1.66. The molecule has 0 aliphatic rings. The molecule has 0 saturated carbocycles. The highest BCUT2D eigenvalue weighted by Crippen LogP contribution is 1.96. The molecule has 0 atom stereocenters. The molecule has 0 fully saturated rings. The van der Waals surface area contributed by atoms with Crippen LogP contribution in [0.3, 0.4) is 0 Å². The third kappa shape index (κ3) is 5.92. The lowest BCUT2D eigenvalue weighted by molar-refractivity contribution is 0.167. The molecule has 0 aromatic heterocycles. The summed E-state index contributed by atoms with van der Waals surface area (Å²) in [5, 5.41) is 0. The van der Waals surface area contributed by atoms with Crippen molar-refractivity contribution in [2.75, 3.05) is 6.61 Å². The molecule has 15 heavy (non-hydrogen) atoms. The molecule has 0 aliphatic carbocycles. The molecule has 3 heteroatoms. The summed E-state index contributed by atoms with van der Waals surface area (Å²) >= 11 is 0. The van der Waals surface area contributed by atoms with Crippen LogP contribution in [-0.2, 0) is 4.84 Å². The van der Waals surface area contributed by atoms with E-state index in [4.69, 9.17) is 5.90 Å². The fourth-order valence-corrected chi connectivity index (χ4v) is 0.916. The summed E-state index contributed by atoms with van der Waals surface area (Å²) in [7, 11) is 0. The van der Waals surface area contributed by atoms with E-state index in [0.717, 1.165) is 11.1 Å². The van der Waals surface area contributed by atoms with Crippen LogP contribution in [0.2, 0.25) is 0 Å². The standard InChI is InChI=1S/C12H13NO.ClH/c1-11(9-10-14-13)7-8-12-5-3-2-4-6-12;/h2-6,9H,10,13H2,1H3;1H/b11-9+;. The normalized spacial score (nSPS) is 9.87. The summed E-state index contributed by atoms with van der Waals surface area (Å²) in [6, 6.07) is 9.84. The van der Waals surface area contributed by atoms with Gasteiger partial charge in [0.15, 0.2) is 0 Å². The molecule has 2 nitrogen and oxygen atoms in total. The van der Waals surface area contributed by atoms with Gasteiger partial charge in [0.05, 0.1) is 6.61 Å². The quantitative estimate of drug-likeness (QED) is 0.617. The van der Waals surface area contributed by atoms with Gasteiger partial charge in [-0.05, 0) is 30.7 Å². The Morgan fingerprint density at radius 2 is 2.07 bits per heavy atom. The van der Waals surface area contributed by atoms with Crippen LogP contribution in [0.15, 0.2) is 42.0 Å². The molecule has 0 saturated heterocycles. The lowest BCUT2D eigenvalue weighted by Gasteiger charge is -1.89. The third-order valence-electron chi connectivity index (χ3n) is 1.66. The summed E-state index contributed by atoms with van der Waals surface area (Å²) in [5.74, 6) is 10.9. The minimum absolute atomic E-state index is 0. The van der Waals surface area contributed by atoms with Gasteiger partial charge < -0.3 is 4.84 Å². The van der Waals surface area contributed by atoms with Gasteiger partial charge in [-0.3, -0.25) is 0 Å². The molecular formula is C12H14ClNO. The molecule has 0 amide bonds. The first kappa shape index (κ1) is 13.7. The fourth-order valence-electron chi connectivity index (χ4n) is 0.916. The molecule has 0 unspecified atom stereocenters. The molecule has 1 aromatic rings. The highest BCUT2D eigenvalue weighted by atomic mass is 35.5. The number of rotatable bonds is 2. The van der Waals surface area contributed by atoms with Crippen molar-refractivity contribution in [3.05, 3.63) is 47.5 Å². The van der Waals surface area contributed by atoms with E-state index in [-0.39, 0.29) is 12.4 Å². The predicted octanol–water partition coefficient (Wildman–Crippen LogP) is 2.30. The zero-order chi connectivity index (χ0) is 10.2. The Bertz CT molecular complexity index is 362. The van der Waals surface area contributed by atoms with Crippen molar-refractivity contribution >= 4 is 12.4 Å². The lowest BCUT2D eigenvalue weighted by atomic mass is 10.2. The summed E-state index contributed by atoms with van der Waals surface area (Å²) in [5.41, 5.74) is 1.97. The topological polar surface area (TPSA) is 35.2 Å². The van der Waals surface area contributed by atoms with Gasteiger partial charge in [0.25, 0.3) is 0 Å². The van der Waals surface area contributed by atoms with Gasteiger partial charge >= 0.3 is 0 Å². The molecule has 0 bridgehead atoms. The number of hydrogen-bond acceptors (Lipinski definition) is 2. The van der Waals surface area contributed by atoms with Gasteiger partial charge in [0.1, 0.15) is 0 Å². The fraction of sp³-hybridized carbons (Fsp3) is 0.167. The Morgan fingerprint density at radius 3 is 2.67 bits per heavy atom. The van der Waals surface area contributed by atoms with Crippen LogP contribution in [0.4, 0.5) is 0 Å². The van der Waals surface area contributed by atoms with E-state index in [0.29, 0.717) is 6.61 Å². The Labute approximate surface area is 96.5 Å². The van der Waals surface area contributed by atoms with Gasteiger partial charge in [-0.1, -0.05) is 30.0 Å². The molecule has 80 valence electrons. The second-order valence-corrected chi connectivity index (χ2v) is 2.84. The summed E-state index contributed by atoms with van der Waals surface area (Å²) < 4.78 is 0. The maximum atomic E-state index is 4.89. The van der Waals surface area contributed by atoms with E-state index in [1.165, 1.54) is 0 Å². The van der Waals surface area contributed by atoms with Crippen molar-refractivity contribution < 1.29 is 4.84 Å². The Kier molecular flexibility index (Phi) is 7.39. The van der Waals surface area contributed by atoms with Gasteiger partial charge in [-0.15, -0.1) is 12.4 Å². The van der Waals surface area contributed by atoms with E-state index < -0.39 is 0 Å². The first-order valence-corrected chi connectivity index (χ1v) is 4.38. The second kappa shape index (κ2) is 8.07. The average Bonchev–Trinajstić information content (AvgIpc) is 2.25. The van der Waals surface area contributed by atoms with Crippen LogP contribution in [0, 0.1) is 11.8 Å². The number of benzene rings is 1. The molecular weight excluding hydrogens is 210 g/mol. The summed E-state index contributed by atoms with van der Waals surface area (Å²) in [6.07, 6.45) is 1.84. The Morgan fingerprint density at radius 1 is 1.40 bits per heavy atom. The number of nitrogens with two attached hydrogens (primary N) is 1. The Balaban J connectivity index is 0.00000196. The van der Waals surface area contributed by atoms with Crippen LogP contribution in [-0.4, -0.2) is 6.61 Å². The minimum Gasteiger partial charge on any atom is -0.300 e. The molecule has 0 spiro atoms. The average molecular weight is 224 g/mol. The van der Waals surface area contributed by atoms with Gasteiger partial charge in [-0.25, -0.2) is 5.90 Å². The van der Waals surface area contributed by atoms with Crippen molar-refractivity contribution in [3.8, 4) is 11.8 Å². The molecule has 1 aromatic carbocycles. The van der Waals surface area contributed by atoms with Crippen LogP contribution >= 0.6 is 12.4 Å². The van der Waals surface area contributed by atoms with Crippen LogP contribution < -0.4 is 5.90 Å². The van der Waals surface area contributed by atoms with E-state index in [1.807, 2.05) is 43.3 Å². The summed E-state index contributed by atoms with van der Waals surface area (Å²) in [6.45, 7) is 2.32. The lowest BCUT2D eigenvalue weighted by Crippen LogP contribution is -1.97. The molecule has 0 radical (unpaired) electrons. The van der Waals surface area contributed by atoms with E-state index in [1.54, 1.807) is 0 Å². The SMILES string of the molecule is C/C(C#Cc1ccccc1)=C\CON.Cl. The Hall–Kier alpha value is -1.27. The molecule has 1 rings (SSSR count). The van der Waals surface area contributed by atoms with E-state index in [2.05, 4.69) is 16.7 Å². The van der Waals surface area contributed by atoms with Gasteiger partial charge in [-0.2, -0.15) is 0 Å². The highest BCUT2D eigenvalue weighted by Gasteiger charge is 1.83. The highest BCUT2D eigenvalue weighted by molar-refractivity contribution is 5.85. The van der Waals surface area contributed by atoms with Crippen molar-refractivity contribution in [3.63, 3.8) is 0 Å². The van der Waals surface area contributed by atoms with Crippen molar-refractivity contribution in [2.24, 2.45) is 5.90 Å². The van der Waals surface area contributed by atoms with Crippen LogP contribution in [0.25, 0.3) is 0 Å². The summed E-state index contributed by atoms with van der Waals surface area (Å²) in [4.78, 5) is 4.42. The van der Waals surface area contributed by atoms with Gasteiger partial charge in [0, 0.05) is 5.56 Å². The van der Waals surface area contributed by atoms with Crippen LogP contribution in [0.1, 0.15) is 12.5 Å². The van der Waals surface area contributed by atoms with Crippen molar-refractivity contribution in [1.29, 1.82) is 0 Å². The van der Waals surface area contributed by atoms with Gasteiger partial charge in [0.2, 0.25) is 0 Å².